The summed E-state index contributed by atoms with van der Waals surface area (Å²) in [6.07, 6.45) is -7.68. The first-order valence-electron chi connectivity index (χ1n) is 6.67. The zero-order valence-electron chi connectivity index (χ0n) is 12.1. The number of rotatable bonds is 6. The highest BCUT2D eigenvalue weighted by Gasteiger charge is 2.55. The van der Waals surface area contributed by atoms with Crippen molar-refractivity contribution in [3.05, 3.63) is 10.4 Å². The van der Waals surface area contributed by atoms with E-state index in [-0.39, 0.29) is 6.42 Å². The minimum atomic E-state index is -2.88. The zero-order valence-corrected chi connectivity index (χ0v) is 12.1. The van der Waals surface area contributed by atoms with Crippen molar-refractivity contribution in [2.24, 2.45) is 11.0 Å². The van der Waals surface area contributed by atoms with Crippen LogP contribution in [-0.4, -0.2) is 64.1 Å². The molecule has 8 nitrogen and oxygen atoms in total. The molecule has 2 unspecified atom stereocenters. The maximum atomic E-state index is 14.2. The predicted octanol–water partition coefficient (Wildman–Crippen LogP) is 0.397. The van der Waals surface area contributed by atoms with Gasteiger partial charge in [0.05, 0.1) is 18.8 Å². The van der Waals surface area contributed by atoms with Crippen LogP contribution >= 0.6 is 0 Å². The first-order valence-corrected chi connectivity index (χ1v) is 6.67. The Morgan fingerprint density at radius 2 is 2.14 bits per heavy atom. The molecule has 1 fully saturated rings. The van der Waals surface area contributed by atoms with Crippen molar-refractivity contribution >= 4 is 5.78 Å². The van der Waals surface area contributed by atoms with Gasteiger partial charge in [0.1, 0.15) is 18.0 Å². The van der Waals surface area contributed by atoms with Gasteiger partial charge < -0.3 is 24.9 Å². The second kappa shape index (κ2) is 7.30. The van der Waals surface area contributed by atoms with E-state index in [2.05, 4.69) is 10.0 Å². The van der Waals surface area contributed by atoms with E-state index in [1.165, 1.54) is 6.92 Å². The predicted molar refractivity (Wildman–Crippen MR) is 70.1 cm³/mol. The van der Waals surface area contributed by atoms with Crippen molar-refractivity contribution < 1.29 is 33.6 Å². The molecule has 126 valence electrons. The first kappa shape index (κ1) is 18.7. The highest BCUT2D eigenvalue weighted by molar-refractivity contribution is 5.76. The molecule has 22 heavy (non-hydrogen) atoms. The molecule has 0 aromatic rings. The van der Waals surface area contributed by atoms with E-state index in [4.69, 9.17) is 15.4 Å². The van der Waals surface area contributed by atoms with Crippen molar-refractivity contribution in [3.63, 3.8) is 0 Å². The quantitative estimate of drug-likeness (QED) is 0.369. The van der Waals surface area contributed by atoms with Gasteiger partial charge in [-0.2, -0.15) is 0 Å². The van der Waals surface area contributed by atoms with E-state index in [1.54, 1.807) is 0 Å². The lowest BCUT2D eigenvalue weighted by atomic mass is 9.79. The molecule has 0 saturated carbocycles. The second-order valence-corrected chi connectivity index (χ2v) is 5.48. The van der Waals surface area contributed by atoms with E-state index < -0.39 is 54.7 Å². The van der Waals surface area contributed by atoms with Gasteiger partial charge in [-0.1, -0.05) is 5.11 Å². The van der Waals surface area contributed by atoms with Gasteiger partial charge in [-0.25, -0.2) is 8.78 Å². The number of ketones is 1. The summed E-state index contributed by atoms with van der Waals surface area (Å²) in [5, 5.41) is 31.5. The smallest absolute Gasteiger partial charge is 0.238 e. The summed E-state index contributed by atoms with van der Waals surface area (Å²) in [6, 6.07) is -1.59. The summed E-state index contributed by atoms with van der Waals surface area (Å²) in [5.74, 6) is -4.48. The second-order valence-electron chi connectivity index (χ2n) is 5.48. The summed E-state index contributed by atoms with van der Waals surface area (Å²) < 4.78 is 33.2. The largest absolute Gasteiger partial charge is 0.394 e. The molecule has 0 radical (unpaired) electrons. The standard InChI is InChI=1S/C12H19F2N3O5/c1-5(19)3-6-8(16-17-15)11(13)12(2,14)22-10(6)9(21)7(20)4-18/h6-11,18,20-21H,3-4H2,1-2H3/t6-,7-,8+,9-,10?,11?,12+/m1/s1. The lowest BCUT2D eigenvalue weighted by Gasteiger charge is -2.46. The number of Topliss-reactive ketones (excluding diaryl/α,β-unsaturated/α-hetero) is 1. The number of carbonyl (C=O) groups is 1. The lowest BCUT2D eigenvalue weighted by Crippen LogP contribution is -2.61. The van der Waals surface area contributed by atoms with E-state index in [1.807, 2.05) is 0 Å². The lowest BCUT2D eigenvalue weighted by molar-refractivity contribution is -0.280. The van der Waals surface area contributed by atoms with Crippen LogP contribution in [0.15, 0.2) is 5.11 Å². The van der Waals surface area contributed by atoms with Crippen LogP contribution in [0.25, 0.3) is 10.4 Å². The molecule has 0 bridgehead atoms. The molecule has 0 aromatic heterocycles. The third-order valence-electron chi connectivity index (χ3n) is 3.65. The Labute approximate surface area is 125 Å². The van der Waals surface area contributed by atoms with Crippen molar-refractivity contribution in [1.82, 2.24) is 0 Å². The first-order chi connectivity index (χ1) is 10.2. The Hall–Kier alpha value is -1.32. The Bertz CT molecular complexity index is 458. The average Bonchev–Trinajstić information content (AvgIpc) is 2.44. The fourth-order valence-corrected chi connectivity index (χ4v) is 2.56. The van der Waals surface area contributed by atoms with Crippen LogP contribution in [-0.2, 0) is 9.53 Å². The van der Waals surface area contributed by atoms with Gasteiger partial charge in [-0.3, -0.25) is 0 Å². The number of ether oxygens (including phenoxy) is 1. The fraction of sp³-hybridized carbons (Fsp3) is 0.917. The molecule has 0 aromatic carbocycles. The van der Waals surface area contributed by atoms with Crippen molar-refractivity contribution in [2.75, 3.05) is 6.61 Å². The molecular formula is C12H19F2N3O5. The molecule has 1 aliphatic rings. The van der Waals surface area contributed by atoms with Crippen LogP contribution in [0.4, 0.5) is 8.78 Å². The molecular weight excluding hydrogens is 304 g/mol. The van der Waals surface area contributed by atoms with Crippen LogP contribution in [0.1, 0.15) is 20.3 Å². The van der Waals surface area contributed by atoms with E-state index >= 15 is 0 Å². The minimum Gasteiger partial charge on any atom is -0.394 e. The van der Waals surface area contributed by atoms with Crippen molar-refractivity contribution in [3.8, 4) is 0 Å². The average molecular weight is 323 g/mol. The fourth-order valence-electron chi connectivity index (χ4n) is 2.56. The third kappa shape index (κ3) is 3.90. The molecule has 0 spiro atoms. The van der Waals surface area contributed by atoms with Crippen molar-refractivity contribution in [1.29, 1.82) is 0 Å². The maximum absolute atomic E-state index is 14.2. The highest BCUT2D eigenvalue weighted by Crippen LogP contribution is 2.41. The summed E-state index contributed by atoms with van der Waals surface area (Å²) >= 11 is 0. The van der Waals surface area contributed by atoms with Gasteiger partial charge in [0, 0.05) is 17.3 Å². The molecule has 0 amide bonds. The number of aliphatic hydroxyl groups is 3. The maximum Gasteiger partial charge on any atom is 0.238 e. The van der Waals surface area contributed by atoms with Gasteiger partial charge in [0.25, 0.3) is 0 Å². The monoisotopic (exact) mass is 323 g/mol. The van der Waals surface area contributed by atoms with Crippen molar-refractivity contribution in [2.45, 2.75) is 56.6 Å². The summed E-state index contributed by atoms with van der Waals surface area (Å²) in [5.41, 5.74) is 8.53. The molecule has 7 atom stereocenters. The summed E-state index contributed by atoms with van der Waals surface area (Å²) in [4.78, 5) is 13.8. The number of azide groups is 1. The highest BCUT2D eigenvalue weighted by atomic mass is 19.2. The SMILES string of the molecule is CC(=O)C[C@H]1C([C@H](O)[C@H](O)CO)O[C@](C)(F)C(F)[C@H]1N=[N+]=[N-]. The molecule has 1 aliphatic heterocycles. The van der Waals surface area contributed by atoms with Gasteiger partial charge in [-0.05, 0) is 19.4 Å². The van der Waals surface area contributed by atoms with Crippen LogP contribution in [0, 0.1) is 5.92 Å². The number of alkyl halides is 2. The molecule has 1 saturated heterocycles. The number of hydrogen-bond acceptors (Lipinski definition) is 6. The number of hydrogen-bond donors (Lipinski definition) is 3. The topological polar surface area (TPSA) is 136 Å². The van der Waals surface area contributed by atoms with E-state index in [0.717, 1.165) is 6.92 Å². The normalized spacial score (nSPS) is 38.0. The zero-order chi connectivity index (χ0) is 17.1. The van der Waals surface area contributed by atoms with E-state index in [9.17, 15) is 23.8 Å². The van der Waals surface area contributed by atoms with Gasteiger partial charge in [0.15, 0.2) is 6.17 Å². The number of halogens is 2. The number of aliphatic hydroxyl groups excluding tert-OH is 3. The minimum absolute atomic E-state index is 0.347. The molecule has 10 heteroatoms. The Morgan fingerprint density at radius 1 is 1.55 bits per heavy atom. The Morgan fingerprint density at radius 3 is 2.59 bits per heavy atom. The van der Waals surface area contributed by atoms with Crippen LogP contribution < -0.4 is 0 Å². The summed E-state index contributed by atoms with van der Waals surface area (Å²) in [6.45, 7) is 1.10. The third-order valence-corrected chi connectivity index (χ3v) is 3.65. The Balaban J connectivity index is 3.23. The molecule has 1 heterocycles. The number of nitrogens with zero attached hydrogens (tertiary/aromatic N) is 3. The molecule has 1 rings (SSSR count). The van der Waals surface area contributed by atoms with Gasteiger partial charge in [0.2, 0.25) is 5.85 Å². The number of carbonyl (C=O) groups excluding carboxylic acids is 1. The van der Waals surface area contributed by atoms with Gasteiger partial charge >= 0.3 is 0 Å². The molecule has 3 N–H and O–H groups in total. The summed E-state index contributed by atoms with van der Waals surface area (Å²) in [7, 11) is 0. The van der Waals surface area contributed by atoms with Crippen LogP contribution in [0.3, 0.4) is 0 Å². The Kier molecular flexibility index (Phi) is 6.21. The molecule has 0 aliphatic carbocycles. The van der Waals surface area contributed by atoms with Gasteiger partial charge in [-0.15, -0.1) is 0 Å². The van der Waals surface area contributed by atoms with Crippen LogP contribution in [0.5, 0.6) is 0 Å². The van der Waals surface area contributed by atoms with Crippen LogP contribution in [0.2, 0.25) is 0 Å². The van der Waals surface area contributed by atoms with E-state index in [0.29, 0.717) is 0 Å².